The van der Waals surface area contributed by atoms with E-state index in [2.05, 4.69) is 17.4 Å². The number of alkyl halides is 1. The summed E-state index contributed by atoms with van der Waals surface area (Å²) in [6.07, 6.45) is 9.74. The highest BCUT2D eigenvalue weighted by molar-refractivity contribution is 6.20. The van der Waals surface area contributed by atoms with E-state index in [4.69, 9.17) is 11.6 Å². The lowest BCUT2D eigenvalue weighted by molar-refractivity contribution is 0.0956. The van der Waals surface area contributed by atoms with Gasteiger partial charge in [-0.15, -0.1) is 11.6 Å². The Morgan fingerprint density at radius 1 is 1.19 bits per heavy atom. The van der Waals surface area contributed by atoms with Crippen LogP contribution in [0.4, 0.5) is 0 Å². The Bertz CT molecular complexity index is 508. The molecule has 2 nitrogen and oxygen atoms in total. The van der Waals surface area contributed by atoms with Crippen LogP contribution in [0.1, 0.15) is 71.8 Å². The van der Waals surface area contributed by atoms with Gasteiger partial charge in [0.25, 0.3) is 5.91 Å². The van der Waals surface area contributed by atoms with E-state index in [-0.39, 0.29) is 11.3 Å². The van der Waals surface area contributed by atoms with Crippen LogP contribution < -0.4 is 5.32 Å². The molecule has 3 rings (SSSR count). The smallest absolute Gasteiger partial charge is 0.251 e. The van der Waals surface area contributed by atoms with Gasteiger partial charge >= 0.3 is 0 Å². The van der Waals surface area contributed by atoms with Gasteiger partial charge in [0.2, 0.25) is 0 Å². The average Bonchev–Trinajstić information content (AvgIpc) is 2.70. The summed E-state index contributed by atoms with van der Waals surface area (Å²) in [4.78, 5) is 12.1. The van der Waals surface area contributed by atoms with Crippen molar-refractivity contribution in [3.8, 4) is 0 Å². The van der Waals surface area contributed by atoms with Crippen LogP contribution in [0.2, 0.25) is 0 Å². The van der Waals surface area contributed by atoms with Crippen molar-refractivity contribution in [3.63, 3.8) is 0 Å². The molecule has 0 spiro atoms. The molecule has 1 atom stereocenters. The van der Waals surface area contributed by atoms with E-state index < -0.39 is 0 Å². The normalized spacial score (nSPS) is 21.3. The maximum Gasteiger partial charge on any atom is 0.251 e. The third kappa shape index (κ3) is 3.60. The minimum absolute atomic E-state index is 0.0365. The zero-order chi connectivity index (χ0) is 14.7. The van der Waals surface area contributed by atoms with Crippen molar-refractivity contribution in [1.82, 2.24) is 5.32 Å². The predicted molar refractivity (Wildman–Crippen MR) is 86.9 cm³/mol. The quantitative estimate of drug-likeness (QED) is 0.812. The molecule has 1 aromatic rings. The first-order valence-electron chi connectivity index (χ1n) is 8.29. The Hall–Kier alpha value is -1.02. The summed E-state index contributed by atoms with van der Waals surface area (Å²) in [5.41, 5.74) is 3.10. The molecule has 0 saturated heterocycles. The molecule has 0 bridgehead atoms. The second kappa shape index (κ2) is 6.83. The Labute approximate surface area is 132 Å². The van der Waals surface area contributed by atoms with Gasteiger partial charge in [-0.2, -0.15) is 0 Å². The van der Waals surface area contributed by atoms with Crippen LogP contribution in [0.3, 0.4) is 0 Å². The lowest BCUT2D eigenvalue weighted by Gasteiger charge is -2.24. The Morgan fingerprint density at radius 3 is 2.81 bits per heavy atom. The molecule has 1 fully saturated rings. The summed E-state index contributed by atoms with van der Waals surface area (Å²) in [7, 11) is 0. The minimum atomic E-state index is 0.0365. The fraction of sp³-hybridized carbons (Fsp3) is 0.611. The first kappa shape index (κ1) is 14.9. The van der Waals surface area contributed by atoms with Crippen molar-refractivity contribution in [3.05, 3.63) is 34.9 Å². The summed E-state index contributed by atoms with van der Waals surface area (Å²) in [6.45, 7) is 0.773. The summed E-state index contributed by atoms with van der Waals surface area (Å²) >= 11 is 6.64. The molecule has 21 heavy (non-hydrogen) atoms. The van der Waals surface area contributed by atoms with Crippen molar-refractivity contribution < 1.29 is 4.79 Å². The molecule has 0 aromatic heterocycles. The monoisotopic (exact) mass is 305 g/mol. The first-order valence-corrected chi connectivity index (χ1v) is 8.73. The summed E-state index contributed by atoms with van der Waals surface area (Å²) in [5, 5.41) is 3.00. The molecule has 1 amide bonds. The molecular formula is C18H24ClNO. The van der Waals surface area contributed by atoms with E-state index in [1.807, 2.05) is 6.07 Å². The average molecular weight is 306 g/mol. The number of nitrogens with one attached hydrogen (secondary N) is 1. The zero-order valence-corrected chi connectivity index (χ0v) is 13.3. The molecule has 1 N–H and O–H groups in total. The number of hydrogen-bond donors (Lipinski definition) is 1. The van der Waals surface area contributed by atoms with Crippen molar-refractivity contribution in [2.45, 2.75) is 56.7 Å². The fourth-order valence-corrected chi connectivity index (χ4v) is 4.03. The van der Waals surface area contributed by atoms with Gasteiger partial charge in [-0.05, 0) is 42.4 Å². The van der Waals surface area contributed by atoms with Crippen molar-refractivity contribution in [2.75, 3.05) is 6.54 Å². The number of fused-ring (bicyclic) bond motifs is 1. The van der Waals surface area contributed by atoms with Crippen LogP contribution in [-0.4, -0.2) is 12.5 Å². The molecule has 2 aliphatic rings. The highest BCUT2D eigenvalue weighted by atomic mass is 35.5. The number of halogens is 1. The van der Waals surface area contributed by atoms with Crippen molar-refractivity contribution in [2.24, 2.45) is 5.92 Å². The van der Waals surface area contributed by atoms with Crippen LogP contribution >= 0.6 is 11.6 Å². The number of rotatable bonds is 3. The molecule has 1 unspecified atom stereocenters. The highest BCUT2D eigenvalue weighted by Crippen LogP contribution is 2.35. The summed E-state index contributed by atoms with van der Waals surface area (Å²) in [6, 6.07) is 6.25. The summed E-state index contributed by atoms with van der Waals surface area (Å²) in [5.74, 6) is 0.819. The van der Waals surface area contributed by atoms with Crippen LogP contribution in [0, 0.1) is 5.92 Å². The molecule has 1 aromatic carbocycles. The Morgan fingerprint density at radius 2 is 2.00 bits per heavy atom. The number of carbonyl (C=O) groups is 1. The largest absolute Gasteiger partial charge is 0.352 e. The number of amides is 1. The standard InChI is InChI=1S/C18H24ClNO/c19-17(11-13-5-2-1-3-6-13)15-9-8-14-7-4-10-20-18(21)16(14)12-15/h8-9,12-13,17H,1-7,10-11H2,(H,20,21). The van der Waals surface area contributed by atoms with Gasteiger partial charge < -0.3 is 5.32 Å². The van der Waals surface area contributed by atoms with Gasteiger partial charge in [-0.1, -0.05) is 44.2 Å². The predicted octanol–water partition coefficient (Wildman–Crippen LogP) is 4.61. The SMILES string of the molecule is O=C1NCCCc2ccc(C(Cl)CC3CCCCC3)cc21. The third-order valence-corrected chi connectivity index (χ3v) is 5.34. The van der Waals surface area contributed by atoms with Gasteiger partial charge in [-0.3, -0.25) is 4.79 Å². The van der Waals surface area contributed by atoms with E-state index in [1.165, 1.54) is 32.1 Å². The fourth-order valence-electron chi connectivity index (χ4n) is 3.65. The molecule has 114 valence electrons. The van der Waals surface area contributed by atoms with E-state index in [0.29, 0.717) is 0 Å². The van der Waals surface area contributed by atoms with Gasteiger partial charge in [0, 0.05) is 12.1 Å². The van der Waals surface area contributed by atoms with E-state index in [9.17, 15) is 4.79 Å². The second-order valence-electron chi connectivity index (χ2n) is 6.48. The minimum Gasteiger partial charge on any atom is -0.352 e. The molecule has 1 saturated carbocycles. The molecule has 1 aliphatic carbocycles. The maximum absolute atomic E-state index is 12.1. The third-order valence-electron chi connectivity index (χ3n) is 4.91. The van der Waals surface area contributed by atoms with Gasteiger partial charge in [0.1, 0.15) is 0 Å². The molecule has 0 radical (unpaired) electrons. The van der Waals surface area contributed by atoms with Gasteiger partial charge in [-0.25, -0.2) is 0 Å². The van der Waals surface area contributed by atoms with Crippen LogP contribution in [-0.2, 0) is 6.42 Å². The van der Waals surface area contributed by atoms with Gasteiger partial charge in [0.15, 0.2) is 0 Å². The zero-order valence-electron chi connectivity index (χ0n) is 12.5. The number of aryl methyl sites for hydroxylation is 1. The summed E-state index contributed by atoms with van der Waals surface area (Å²) < 4.78 is 0. The number of hydrogen-bond acceptors (Lipinski definition) is 1. The first-order chi connectivity index (χ1) is 10.2. The molecule has 1 heterocycles. The molecule has 1 aliphatic heterocycles. The van der Waals surface area contributed by atoms with Crippen LogP contribution in [0.15, 0.2) is 18.2 Å². The molecule has 3 heteroatoms. The number of carbonyl (C=O) groups excluding carboxylic acids is 1. The van der Waals surface area contributed by atoms with Crippen LogP contribution in [0.5, 0.6) is 0 Å². The van der Waals surface area contributed by atoms with Crippen LogP contribution in [0.25, 0.3) is 0 Å². The van der Waals surface area contributed by atoms with Crippen molar-refractivity contribution >= 4 is 17.5 Å². The highest BCUT2D eigenvalue weighted by Gasteiger charge is 2.21. The lowest BCUT2D eigenvalue weighted by atomic mass is 9.84. The number of benzene rings is 1. The Kier molecular flexibility index (Phi) is 4.84. The topological polar surface area (TPSA) is 29.1 Å². The van der Waals surface area contributed by atoms with E-state index in [1.54, 1.807) is 0 Å². The van der Waals surface area contributed by atoms with E-state index in [0.717, 1.165) is 48.4 Å². The van der Waals surface area contributed by atoms with E-state index >= 15 is 0 Å². The maximum atomic E-state index is 12.1. The molecular weight excluding hydrogens is 282 g/mol. The van der Waals surface area contributed by atoms with Gasteiger partial charge in [0.05, 0.1) is 5.38 Å². The second-order valence-corrected chi connectivity index (χ2v) is 7.01. The Balaban J connectivity index is 1.74. The lowest BCUT2D eigenvalue weighted by Crippen LogP contribution is -2.22. The van der Waals surface area contributed by atoms with Crippen molar-refractivity contribution in [1.29, 1.82) is 0 Å².